The Morgan fingerprint density at radius 2 is 1.86 bits per heavy atom. The molecule has 0 bridgehead atoms. The Kier molecular flexibility index (Phi) is 6.17. The molecule has 146 valence electrons. The highest BCUT2D eigenvalue weighted by Crippen LogP contribution is 2.12. The van der Waals surface area contributed by atoms with Crippen molar-refractivity contribution in [3.05, 3.63) is 71.2 Å². The van der Waals surface area contributed by atoms with Crippen LogP contribution < -0.4 is 10.0 Å². The van der Waals surface area contributed by atoms with Crippen molar-refractivity contribution in [1.82, 2.24) is 24.5 Å². The first kappa shape index (κ1) is 19.7. The second kappa shape index (κ2) is 8.77. The third-order valence-corrected chi connectivity index (χ3v) is 4.95. The van der Waals surface area contributed by atoms with Crippen LogP contribution in [0.5, 0.6) is 0 Å². The summed E-state index contributed by atoms with van der Waals surface area (Å²) in [7, 11) is -3.51. The summed E-state index contributed by atoms with van der Waals surface area (Å²) in [5.74, 6) is 1.24. The Morgan fingerprint density at radius 1 is 1.07 bits per heavy atom. The summed E-state index contributed by atoms with van der Waals surface area (Å²) in [5.41, 5.74) is 2.70. The number of sulfonamides is 1. The Bertz CT molecular complexity index is 1060. The van der Waals surface area contributed by atoms with Crippen molar-refractivity contribution in [2.45, 2.75) is 13.8 Å². The molecule has 3 rings (SSSR count). The smallest absolute Gasteiger partial charge is 0.233 e. The van der Waals surface area contributed by atoms with Gasteiger partial charge in [-0.2, -0.15) is 5.10 Å². The molecule has 0 aliphatic rings. The third-order valence-electron chi connectivity index (χ3n) is 3.85. The van der Waals surface area contributed by atoms with Gasteiger partial charge in [0.25, 0.3) is 0 Å². The highest BCUT2D eigenvalue weighted by atomic mass is 32.2. The average molecular weight is 398 g/mol. The van der Waals surface area contributed by atoms with Crippen molar-refractivity contribution in [1.29, 1.82) is 0 Å². The Hall–Kier alpha value is -3.04. The van der Waals surface area contributed by atoms with Gasteiger partial charge in [0.2, 0.25) is 10.0 Å². The number of aromatic nitrogens is 4. The Morgan fingerprint density at radius 3 is 2.57 bits per heavy atom. The first-order chi connectivity index (χ1) is 13.4. The standard InChI is InChI=1S/C19H22N6O2S/c1-15-12-16(2)25(24-15)19-13-18(21-14-22-19)20-9-10-23-28(26,27)11-8-17-6-4-3-5-7-17/h3-8,11-14,23H,9-10H2,1-2H3,(H,20,21,22)/b11-8+. The normalized spacial score (nSPS) is 11.8. The van der Waals surface area contributed by atoms with Crippen molar-refractivity contribution in [2.24, 2.45) is 0 Å². The molecule has 0 aliphatic carbocycles. The van der Waals surface area contributed by atoms with Crippen molar-refractivity contribution >= 4 is 21.9 Å². The molecule has 2 aromatic heterocycles. The molecule has 0 saturated carbocycles. The minimum atomic E-state index is -3.51. The second-order valence-corrected chi connectivity index (χ2v) is 7.83. The summed E-state index contributed by atoms with van der Waals surface area (Å²) in [6, 6.07) is 13.0. The van der Waals surface area contributed by atoms with E-state index in [0.29, 0.717) is 18.2 Å². The molecule has 3 aromatic rings. The predicted molar refractivity (Wildman–Crippen MR) is 110 cm³/mol. The van der Waals surface area contributed by atoms with Crippen LogP contribution in [0.25, 0.3) is 11.9 Å². The molecule has 1 aromatic carbocycles. The van der Waals surface area contributed by atoms with Crippen molar-refractivity contribution in [3.8, 4) is 5.82 Å². The maximum absolute atomic E-state index is 12.0. The predicted octanol–water partition coefficient (Wildman–Crippen LogP) is 2.28. The molecule has 0 amide bonds. The molecule has 0 aliphatic heterocycles. The fourth-order valence-electron chi connectivity index (χ4n) is 2.58. The van der Waals surface area contributed by atoms with Crippen LogP contribution in [-0.4, -0.2) is 41.3 Å². The molecule has 0 fully saturated rings. The lowest BCUT2D eigenvalue weighted by atomic mass is 10.2. The maximum atomic E-state index is 12.0. The molecule has 2 heterocycles. The van der Waals surface area contributed by atoms with Gasteiger partial charge in [-0.15, -0.1) is 0 Å². The van der Waals surface area contributed by atoms with Gasteiger partial charge in [-0.1, -0.05) is 30.3 Å². The van der Waals surface area contributed by atoms with Crippen LogP contribution in [0.4, 0.5) is 5.82 Å². The van der Waals surface area contributed by atoms with Crippen molar-refractivity contribution in [2.75, 3.05) is 18.4 Å². The topological polar surface area (TPSA) is 102 Å². The van der Waals surface area contributed by atoms with Gasteiger partial charge in [-0.3, -0.25) is 0 Å². The average Bonchev–Trinajstić information content (AvgIpc) is 3.03. The number of anilines is 1. The summed E-state index contributed by atoms with van der Waals surface area (Å²) in [4.78, 5) is 8.39. The van der Waals surface area contributed by atoms with Crippen molar-refractivity contribution in [3.63, 3.8) is 0 Å². The van der Waals surface area contributed by atoms with Gasteiger partial charge in [0, 0.05) is 30.3 Å². The van der Waals surface area contributed by atoms with E-state index in [-0.39, 0.29) is 6.54 Å². The summed E-state index contributed by atoms with van der Waals surface area (Å²) in [6.45, 7) is 4.47. The van der Waals surface area contributed by atoms with Crippen LogP contribution in [0.1, 0.15) is 17.0 Å². The SMILES string of the molecule is Cc1cc(C)n(-c2cc(NCCNS(=O)(=O)/C=C/c3ccccc3)ncn2)n1. The zero-order valence-electron chi connectivity index (χ0n) is 15.7. The second-order valence-electron chi connectivity index (χ2n) is 6.18. The first-order valence-corrected chi connectivity index (χ1v) is 10.3. The molecule has 2 N–H and O–H groups in total. The molecular formula is C19H22N6O2S. The van der Waals surface area contributed by atoms with Crippen LogP contribution in [0.15, 0.2) is 54.2 Å². The molecule has 28 heavy (non-hydrogen) atoms. The number of nitrogens with zero attached hydrogens (tertiary/aromatic N) is 4. The molecule has 0 atom stereocenters. The van der Waals surface area contributed by atoms with Crippen LogP contribution in [0.2, 0.25) is 0 Å². The van der Waals surface area contributed by atoms with Gasteiger partial charge in [-0.05, 0) is 31.6 Å². The van der Waals surface area contributed by atoms with E-state index in [1.165, 1.54) is 6.33 Å². The minimum Gasteiger partial charge on any atom is -0.369 e. The quantitative estimate of drug-likeness (QED) is 0.565. The van der Waals surface area contributed by atoms with E-state index in [9.17, 15) is 8.42 Å². The number of benzene rings is 1. The van der Waals surface area contributed by atoms with E-state index in [1.54, 1.807) is 16.8 Å². The lowest BCUT2D eigenvalue weighted by molar-refractivity contribution is 0.592. The Balaban J connectivity index is 1.53. The first-order valence-electron chi connectivity index (χ1n) is 8.75. The highest BCUT2D eigenvalue weighted by Gasteiger charge is 2.07. The van der Waals surface area contributed by atoms with Gasteiger partial charge < -0.3 is 5.32 Å². The summed E-state index contributed by atoms with van der Waals surface area (Å²) >= 11 is 0. The minimum absolute atomic E-state index is 0.223. The van der Waals surface area contributed by atoms with Gasteiger partial charge in [0.1, 0.15) is 12.1 Å². The fourth-order valence-corrected chi connectivity index (χ4v) is 3.40. The van der Waals surface area contributed by atoms with E-state index in [4.69, 9.17) is 0 Å². The van der Waals surface area contributed by atoms with Gasteiger partial charge in [0.05, 0.1) is 5.69 Å². The third kappa shape index (κ3) is 5.48. The van der Waals surface area contributed by atoms with Gasteiger partial charge in [0.15, 0.2) is 5.82 Å². The molecule has 0 spiro atoms. The highest BCUT2D eigenvalue weighted by molar-refractivity contribution is 7.92. The summed E-state index contributed by atoms with van der Waals surface area (Å²) < 4.78 is 28.3. The monoisotopic (exact) mass is 398 g/mol. The van der Waals surface area contributed by atoms with E-state index in [1.807, 2.05) is 50.2 Å². The molecular weight excluding hydrogens is 376 g/mol. The number of rotatable bonds is 8. The Labute approximate surface area is 164 Å². The van der Waals surface area contributed by atoms with Gasteiger partial charge in [-0.25, -0.2) is 27.8 Å². The molecule has 0 radical (unpaired) electrons. The molecule has 0 saturated heterocycles. The van der Waals surface area contributed by atoms with E-state index in [0.717, 1.165) is 22.4 Å². The fraction of sp³-hybridized carbons (Fsp3) is 0.211. The summed E-state index contributed by atoms with van der Waals surface area (Å²) in [6.07, 6.45) is 3.00. The molecule has 0 unspecified atom stereocenters. The lowest BCUT2D eigenvalue weighted by Gasteiger charge is -2.08. The molecule has 9 heteroatoms. The van der Waals surface area contributed by atoms with Gasteiger partial charge >= 0.3 is 0 Å². The van der Waals surface area contributed by atoms with Crippen LogP contribution >= 0.6 is 0 Å². The zero-order chi connectivity index (χ0) is 20.0. The maximum Gasteiger partial charge on any atom is 0.233 e. The van der Waals surface area contributed by atoms with E-state index >= 15 is 0 Å². The zero-order valence-corrected chi connectivity index (χ0v) is 16.5. The molecule has 8 nitrogen and oxygen atoms in total. The largest absolute Gasteiger partial charge is 0.369 e. The van der Waals surface area contributed by atoms with Crippen LogP contribution in [0, 0.1) is 13.8 Å². The van der Waals surface area contributed by atoms with E-state index < -0.39 is 10.0 Å². The number of nitrogens with one attached hydrogen (secondary N) is 2. The van der Waals surface area contributed by atoms with E-state index in [2.05, 4.69) is 25.1 Å². The number of hydrogen-bond donors (Lipinski definition) is 2. The number of aryl methyl sites for hydroxylation is 2. The number of hydrogen-bond acceptors (Lipinski definition) is 6. The van der Waals surface area contributed by atoms with Crippen LogP contribution in [0.3, 0.4) is 0 Å². The van der Waals surface area contributed by atoms with Crippen molar-refractivity contribution < 1.29 is 8.42 Å². The summed E-state index contributed by atoms with van der Waals surface area (Å²) in [5, 5.41) is 8.64. The lowest BCUT2D eigenvalue weighted by Crippen LogP contribution is -2.27. The van der Waals surface area contributed by atoms with Crippen LogP contribution in [-0.2, 0) is 10.0 Å².